The van der Waals surface area contributed by atoms with Crippen LogP contribution >= 0.6 is 23.2 Å². The van der Waals surface area contributed by atoms with Gasteiger partial charge in [0, 0.05) is 51.4 Å². The molecule has 4 rings (SSSR count). The highest BCUT2D eigenvalue weighted by Gasteiger charge is 2.42. The van der Waals surface area contributed by atoms with Gasteiger partial charge in [0.2, 0.25) is 17.7 Å². The minimum Gasteiger partial charge on any atom is -0.349 e. The van der Waals surface area contributed by atoms with Crippen molar-refractivity contribution in [3.8, 4) is 0 Å². The van der Waals surface area contributed by atoms with Crippen LogP contribution in [0.15, 0.2) is 12.3 Å². The van der Waals surface area contributed by atoms with Gasteiger partial charge in [-0.05, 0) is 25.3 Å². The second-order valence-corrected chi connectivity index (χ2v) is 9.80. The summed E-state index contributed by atoms with van der Waals surface area (Å²) in [5, 5.41) is 6.98. The Hall–Kier alpha value is -1.94. The van der Waals surface area contributed by atoms with Gasteiger partial charge in [0.15, 0.2) is 0 Å². The van der Waals surface area contributed by atoms with Gasteiger partial charge in [-0.2, -0.15) is 0 Å². The van der Waals surface area contributed by atoms with Crippen molar-refractivity contribution in [2.75, 3.05) is 39.4 Å². The Kier molecular flexibility index (Phi) is 7.73. The summed E-state index contributed by atoms with van der Waals surface area (Å²) in [4.78, 5) is 47.3. The molecule has 2 saturated heterocycles. The molecule has 3 fully saturated rings. The number of amides is 3. The molecule has 3 amide bonds. The van der Waals surface area contributed by atoms with Crippen molar-refractivity contribution in [3.63, 3.8) is 0 Å². The summed E-state index contributed by atoms with van der Waals surface area (Å²) < 4.78 is 0. The first-order chi connectivity index (χ1) is 15.8. The second-order valence-electron chi connectivity index (χ2n) is 8.99. The molecule has 9 nitrogen and oxygen atoms in total. The lowest BCUT2D eigenvalue weighted by Crippen LogP contribution is -2.62. The van der Waals surface area contributed by atoms with Crippen LogP contribution < -0.4 is 10.6 Å². The predicted octanol–water partition coefficient (Wildman–Crippen LogP) is 1.10. The van der Waals surface area contributed by atoms with Gasteiger partial charge in [-0.25, -0.2) is 0 Å². The highest BCUT2D eigenvalue weighted by atomic mass is 35.5. The summed E-state index contributed by atoms with van der Waals surface area (Å²) in [6.07, 6.45) is 4.21. The molecule has 3 atom stereocenters. The standard InChI is InChI=1S/C22H30Cl2N6O3/c1-14(31)28-4-6-29(7-5-28)16-2-3-20-17(9-16)22(33)30(13-27-20)12-21(32)26-10-15-8-18(23)19(24)11-25-15/h8,11,16-17,20,27H,2-7,9-10,12-13H2,1H3,(H,26,32). The van der Waals surface area contributed by atoms with Gasteiger partial charge in [0.05, 0.1) is 34.9 Å². The lowest BCUT2D eigenvalue weighted by molar-refractivity contribution is -0.146. The first-order valence-corrected chi connectivity index (χ1v) is 12.2. The highest BCUT2D eigenvalue weighted by Crippen LogP contribution is 2.32. The van der Waals surface area contributed by atoms with Gasteiger partial charge in [-0.1, -0.05) is 23.2 Å². The van der Waals surface area contributed by atoms with E-state index in [1.165, 1.54) is 6.20 Å². The average molecular weight is 497 g/mol. The third-order valence-corrected chi connectivity index (χ3v) is 7.65. The third-order valence-electron chi connectivity index (χ3n) is 6.94. The van der Waals surface area contributed by atoms with Gasteiger partial charge in [0.25, 0.3) is 0 Å². The number of hydrogen-bond donors (Lipinski definition) is 2. The number of aromatic nitrogens is 1. The molecule has 2 N–H and O–H groups in total. The zero-order valence-electron chi connectivity index (χ0n) is 18.7. The molecule has 11 heteroatoms. The normalized spacial score (nSPS) is 26.2. The van der Waals surface area contributed by atoms with Gasteiger partial charge < -0.3 is 15.1 Å². The lowest BCUT2D eigenvalue weighted by atomic mass is 9.79. The van der Waals surface area contributed by atoms with Crippen molar-refractivity contribution >= 4 is 40.9 Å². The number of piperazine rings is 1. The lowest BCUT2D eigenvalue weighted by Gasteiger charge is -2.47. The Bertz CT molecular complexity index is 908. The van der Waals surface area contributed by atoms with Gasteiger partial charge >= 0.3 is 0 Å². The van der Waals surface area contributed by atoms with Gasteiger partial charge in [-0.3, -0.25) is 29.6 Å². The van der Waals surface area contributed by atoms with E-state index in [4.69, 9.17) is 23.2 Å². The van der Waals surface area contributed by atoms with Crippen molar-refractivity contribution in [1.82, 2.24) is 30.3 Å². The Balaban J connectivity index is 1.28. The number of carbonyl (C=O) groups excluding carboxylic acids is 3. The minimum atomic E-state index is -0.246. The maximum absolute atomic E-state index is 13.2. The fourth-order valence-corrected chi connectivity index (χ4v) is 5.32. The van der Waals surface area contributed by atoms with E-state index in [9.17, 15) is 14.4 Å². The van der Waals surface area contributed by atoms with E-state index in [0.29, 0.717) is 28.4 Å². The molecule has 3 aliphatic rings. The molecule has 0 aromatic carbocycles. The van der Waals surface area contributed by atoms with Crippen LogP contribution in [-0.4, -0.2) is 88.9 Å². The maximum atomic E-state index is 13.2. The Morgan fingerprint density at radius 1 is 1.18 bits per heavy atom. The van der Waals surface area contributed by atoms with Crippen LogP contribution in [0.25, 0.3) is 0 Å². The molecule has 1 saturated carbocycles. The first-order valence-electron chi connectivity index (χ1n) is 11.4. The van der Waals surface area contributed by atoms with E-state index in [1.807, 2.05) is 4.90 Å². The van der Waals surface area contributed by atoms with Crippen molar-refractivity contribution in [3.05, 3.63) is 28.0 Å². The fourth-order valence-electron chi connectivity index (χ4n) is 5.04. The molecule has 0 radical (unpaired) electrons. The molecule has 0 bridgehead atoms. The summed E-state index contributed by atoms with van der Waals surface area (Å²) in [7, 11) is 0. The van der Waals surface area contributed by atoms with Gasteiger partial charge in [0.1, 0.15) is 6.54 Å². The van der Waals surface area contributed by atoms with Crippen LogP contribution in [0.3, 0.4) is 0 Å². The predicted molar refractivity (Wildman–Crippen MR) is 125 cm³/mol. The molecule has 1 aromatic heterocycles. The third kappa shape index (κ3) is 5.77. The Labute approximate surface area is 203 Å². The Morgan fingerprint density at radius 3 is 2.64 bits per heavy atom. The summed E-state index contributed by atoms with van der Waals surface area (Å²) in [6, 6.07) is 2.11. The van der Waals surface area contributed by atoms with Crippen LogP contribution in [0, 0.1) is 5.92 Å². The quantitative estimate of drug-likeness (QED) is 0.633. The summed E-state index contributed by atoms with van der Waals surface area (Å²) in [5.74, 6) is -0.223. The SMILES string of the molecule is CC(=O)N1CCN(C2CCC3NCN(CC(=O)NCc4cc(Cl)c(Cl)cn4)C(=O)C3C2)CC1. The summed E-state index contributed by atoms with van der Waals surface area (Å²) >= 11 is 11.9. The topological polar surface area (TPSA) is 97.9 Å². The van der Waals surface area contributed by atoms with Crippen molar-refractivity contribution in [1.29, 1.82) is 0 Å². The van der Waals surface area contributed by atoms with E-state index < -0.39 is 0 Å². The van der Waals surface area contributed by atoms with E-state index >= 15 is 0 Å². The number of hydrogen-bond acceptors (Lipinski definition) is 6. The van der Waals surface area contributed by atoms with Crippen molar-refractivity contribution in [2.24, 2.45) is 5.92 Å². The van der Waals surface area contributed by atoms with Crippen LogP contribution in [0.4, 0.5) is 0 Å². The molecular weight excluding hydrogens is 467 g/mol. The van der Waals surface area contributed by atoms with Crippen LogP contribution in [-0.2, 0) is 20.9 Å². The molecular formula is C22H30Cl2N6O3. The monoisotopic (exact) mass is 496 g/mol. The number of nitrogens with one attached hydrogen (secondary N) is 2. The number of pyridine rings is 1. The minimum absolute atomic E-state index is 0.00166. The fraction of sp³-hybridized carbons (Fsp3) is 0.636. The van der Waals surface area contributed by atoms with E-state index in [-0.39, 0.29) is 42.8 Å². The maximum Gasteiger partial charge on any atom is 0.239 e. The summed E-state index contributed by atoms with van der Waals surface area (Å²) in [6.45, 7) is 5.37. The molecule has 180 valence electrons. The molecule has 33 heavy (non-hydrogen) atoms. The number of fused-ring (bicyclic) bond motifs is 1. The van der Waals surface area contributed by atoms with E-state index in [0.717, 1.165) is 45.4 Å². The largest absolute Gasteiger partial charge is 0.349 e. The number of nitrogens with zero attached hydrogens (tertiary/aromatic N) is 4. The molecule has 0 spiro atoms. The smallest absolute Gasteiger partial charge is 0.239 e. The van der Waals surface area contributed by atoms with Crippen LogP contribution in [0.5, 0.6) is 0 Å². The molecule has 3 heterocycles. The number of carbonyl (C=O) groups is 3. The number of rotatable bonds is 5. The molecule has 1 aromatic rings. The second kappa shape index (κ2) is 10.5. The zero-order valence-corrected chi connectivity index (χ0v) is 20.2. The Morgan fingerprint density at radius 2 is 1.94 bits per heavy atom. The number of halogens is 2. The average Bonchev–Trinajstić information content (AvgIpc) is 2.81. The first kappa shape index (κ1) is 24.2. The zero-order chi connectivity index (χ0) is 23.5. The molecule has 2 aliphatic heterocycles. The van der Waals surface area contributed by atoms with Crippen molar-refractivity contribution in [2.45, 2.75) is 44.8 Å². The molecule has 1 aliphatic carbocycles. The van der Waals surface area contributed by atoms with E-state index in [1.54, 1.807) is 17.9 Å². The summed E-state index contributed by atoms with van der Waals surface area (Å²) in [5.41, 5.74) is 0.598. The van der Waals surface area contributed by atoms with Crippen LogP contribution in [0.2, 0.25) is 10.0 Å². The van der Waals surface area contributed by atoms with E-state index in [2.05, 4.69) is 20.5 Å². The van der Waals surface area contributed by atoms with Crippen LogP contribution in [0.1, 0.15) is 31.9 Å². The van der Waals surface area contributed by atoms with Gasteiger partial charge in [-0.15, -0.1) is 0 Å². The highest BCUT2D eigenvalue weighted by molar-refractivity contribution is 6.41. The molecule has 3 unspecified atom stereocenters. The van der Waals surface area contributed by atoms with Crippen molar-refractivity contribution < 1.29 is 14.4 Å².